The maximum absolute atomic E-state index is 5.52. The third-order valence-electron chi connectivity index (χ3n) is 5.74. The molecule has 1 fully saturated rings. The minimum absolute atomic E-state index is 0.889. The van der Waals surface area contributed by atoms with Gasteiger partial charge in [0, 0.05) is 66.6 Å². The summed E-state index contributed by atoms with van der Waals surface area (Å²) in [7, 11) is 2.68. The van der Waals surface area contributed by atoms with E-state index in [2.05, 4.69) is 28.5 Å². The van der Waals surface area contributed by atoms with Crippen molar-refractivity contribution < 1.29 is 13.3 Å². The summed E-state index contributed by atoms with van der Waals surface area (Å²) in [6, 6.07) is 0.889. The molecule has 162 valence electrons. The lowest BCUT2D eigenvalue weighted by Gasteiger charge is -2.36. The Bertz CT molecular complexity index is 335. The van der Waals surface area contributed by atoms with E-state index in [0.717, 1.165) is 19.0 Å². The zero-order valence-electron chi connectivity index (χ0n) is 18.7. The number of piperazine rings is 1. The Morgan fingerprint density at radius 2 is 1.19 bits per heavy atom. The fraction of sp³-hybridized carbons (Fsp3) is 1.00. The first kappa shape index (κ1) is 25.0. The van der Waals surface area contributed by atoms with Crippen LogP contribution >= 0.6 is 0 Å². The van der Waals surface area contributed by atoms with E-state index < -0.39 is 8.80 Å². The van der Waals surface area contributed by atoms with E-state index in [1.165, 1.54) is 78.0 Å². The van der Waals surface area contributed by atoms with E-state index >= 15 is 0 Å². The number of rotatable bonds is 16. The lowest BCUT2D eigenvalue weighted by atomic mass is 10.2. The van der Waals surface area contributed by atoms with Crippen molar-refractivity contribution in [2.24, 2.45) is 0 Å². The van der Waals surface area contributed by atoms with Crippen molar-refractivity contribution >= 4 is 8.80 Å². The quantitative estimate of drug-likeness (QED) is 0.369. The number of hydrogen-bond donors (Lipinski definition) is 0. The summed E-state index contributed by atoms with van der Waals surface area (Å²) in [5.74, 6) is 0. The molecule has 1 aliphatic rings. The third kappa shape index (κ3) is 9.83. The Balaban J connectivity index is 2.23. The van der Waals surface area contributed by atoms with Gasteiger partial charge in [0.05, 0.1) is 0 Å². The van der Waals surface area contributed by atoms with Crippen LogP contribution < -0.4 is 0 Å². The summed E-state index contributed by atoms with van der Waals surface area (Å²) in [5, 5.41) is 0. The highest BCUT2D eigenvalue weighted by molar-refractivity contribution is 6.60. The molecular weight excluding hydrogens is 358 g/mol. The molecule has 6 nitrogen and oxygen atoms in total. The molecule has 27 heavy (non-hydrogen) atoms. The first-order valence-electron chi connectivity index (χ1n) is 11.0. The maximum Gasteiger partial charge on any atom is 0.500 e. The monoisotopic (exact) mass is 403 g/mol. The Morgan fingerprint density at radius 3 is 1.63 bits per heavy atom. The average Bonchev–Trinajstić information content (AvgIpc) is 2.72. The highest BCUT2D eigenvalue weighted by Gasteiger charge is 2.37. The molecule has 0 aromatic carbocycles. The zero-order valence-corrected chi connectivity index (χ0v) is 19.7. The van der Waals surface area contributed by atoms with Crippen LogP contribution in [0.2, 0.25) is 6.04 Å². The van der Waals surface area contributed by atoms with Crippen molar-refractivity contribution in [3.8, 4) is 0 Å². The molecule has 0 amide bonds. The van der Waals surface area contributed by atoms with Crippen LogP contribution in [0.3, 0.4) is 0 Å². The molecule has 0 N–H and O–H groups in total. The summed E-state index contributed by atoms with van der Waals surface area (Å²) in [6.07, 6.45) is 6.31. The fourth-order valence-corrected chi connectivity index (χ4v) is 5.40. The minimum Gasteiger partial charge on any atom is -0.377 e. The summed E-state index contributed by atoms with van der Waals surface area (Å²) in [5.41, 5.74) is 0. The lowest BCUT2D eigenvalue weighted by molar-refractivity contribution is 0.108. The standard InChI is InChI=1S/C20H45N3O3Si/c1-6-8-11-21(12-9-7-2)14-17-23-18-15-22(16-19-23)13-10-20-27(24-3,25-4)26-5/h6-20H2,1-5H3. The second-order valence-corrected chi connectivity index (χ2v) is 10.7. The van der Waals surface area contributed by atoms with E-state index in [4.69, 9.17) is 13.3 Å². The Hall–Kier alpha value is -0.0231. The van der Waals surface area contributed by atoms with Crippen molar-refractivity contribution in [3.63, 3.8) is 0 Å². The van der Waals surface area contributed by atoms with Gasteiger partial charge in [-0.2, -0.15) is 0 Å². The van der Waals surface area contributed by atoms with Gasteiger partial charge < -0.3 is 23.1 Å². The van der Waals surface area contributed by atoms with Crippen LogP contribution in [0.25, 0.3) is 0 Å². The molecule has 0 aromatic rings. The smallest absolute Gasteiger partial charge is 0.377 e. The predicted octanol–water partition coefficient (Wildman–Crippen LogP) is 2.77. The van der Waals surface area contributed by atoms with Crippen LogP contribution in [0.1, 0.15) is 46.0 Å². The average molecular weight is 404 g/mol. The molecule has 0 atom stereocenters. The molecular formula is C20H45N3O3Si. The molecule has 0 radical (unpaired) electrons. The van der Waals surface area contributed by atoms with E-state index in [1.807, 2.05) is 0 Å². The van der Waals surface area contributed by atoms with E-state index in [0.29, 0.717) is 0 Å². The Morgan fingerprint density at radius 1 is 0.704 bits per heavy atom. The molecule has 0 spiro atoms. The molecule has 0 unspecified atom stereocenters. The van der Waals surface area contributed by atoms with Gasteiger partial charge in [0.1, 0.15) is 0 Å². The van der Waals surface area contributed by atoms with Crippen molar-refractivity contribution in [2.75, 3.05) is 80.2 Å². The number of unbranched alkanes of at least 4 members (excludes halogenated alkanes) is 2. The van der Waals surface area contributed by atoms with Crippen LogP contribution in [-0.4, -0.2) is 104 Å². The molecule has 1 rings (SSSR count). The summed E-state index contributed by atoms with van der Waals surface area (Å²) < 4.78 is 16.5. The molecule has 7 heteroatoms. The van der Waals surface area contributed by atoms with Crippen molar-refractivity contribution in [1.29, 1.82) is 0 Å². The largest absolute Gasteiger partial charge is 0.500 e. The van der Waals surface area contributed by atoms with Gasteiger partial charge in [-0.3, -0.25) is 4.90 Å². The lowest BCUT2D eigenvalue weighted by Crippen LogP contribution is -2.49. The normalized spacial score (nSPS) is 17.1. The highest BCUT2D eigenvalue weighted by Crippen LogP contribution is 2.16. The van der Waals surface area contributed by atoms with Crippen LogP contribution in [0.5, 0.6) is 0 Å². The molecule has 1 aliphatic heterocycles. The minimum atomic E-state index is -2.41. The molecule has 0 saturated carbocycles. The van der Waals surface area contributed by atoms with E-state index in [9.17, 15) is 0 Å². The summed E-state index contributed by atoms with van der Waals surface area (Å²) in [6.45, 7) is 15.4. The molecule has 1 saturated heterocycles. The van der Waals surface area contributed by atoms with Gasteiger partial charge in [-0.05, 0) is 38.9 Å². The van der Waals surface area contributed by atoms with E-state index in [1.54, 1.807) is 21.3 Å². The zero-order chi connectivity index (χ0) is 20.0. The number of hydrogen-bond acceptors (Lipinski definition) is 6. The van der Waals surface area contributed by atoms with Crippen molar-refractivity contribution in [3.05, 3.63) is 0 Å². The van der Waals surface area contributed by atoms with Gasteiger partial charge >= 0.3 is 8.80 Å². The third-order valence-corrected chi connectivity index (χ3v) is 8.58. The van der Waals surface area contributed by atoms with Crippen molar-refractivity contribution in [2.45, 2.75) is 52.0 Å². The van der Waals surface area contributed by atoms with Gasteiger partial charge in [-0.1, -0.05) is 26.7 Å². The second kappa shape index (κ2) is 14.9. The number of nitrogens with zero attached hydrogens (tertiary/aromatic N) is 3. The van der Waals surface area contributed by atoms with E-state index in [-0.39, 0.29) is 0 Å². The Labute approximate surface area is 169 Å². The second-order valence-electron chi connectivity index (χ2n) is 7.63. The predicted molar refractivity (Wildman–Crippen MR) is 115 cm³/mol. The summed E-state index contributed by atoms with van der Waals surface area (Å²) >= 11 is 0. The van der Waals surface area contributed by atoms with Gasteiger partial charge in [0.2, 0.25) is 0 Å². The summed E-state index contributed by atoms with van der Waals surface area (Å²) in [4.78, 5) is 7.88. The maximum atomic E-state index is 5.52. The molecule has 1 heterocycles. The van der Waals surface area contributed by atoms with Crippen LogP contribution in [0, 0.1) is 0 Å². The van der Waals surface area contributed by atoms with Crippen molar-refractivity contribution in [1.82, 2.24) is 14.7 Å². The first-order valence-corrected chi connectivity index (χ1v) is 12.9. The Kier molecular flexibility index (Phi) is 13.8. The topological polar surface area (TPSA) is 37.4 Å². The highest BCUT2D eigenvalue weighted by atomic mass is 28.4. The molecule has 0 bridgehead atoms. The van der Waals surface area contributed by atoms with Crippen LogP contribution in [-0.2, 0) is 13.3 Å². The van der Waals surface area contributed by atoms with Gasteiger partial charge in [0.15, 0.2) is 0 Å². The van der Waals surface area contributed by atoms with Crippen LogP contribution in [0.15, 0.2) is 0 Å². The van der Waals surface area contributed by atoms with Gasteiger partial charge in [-0.25, -0.2) is 0 Å². The van der Waals surface area contributed by atoms with Crippen LogP contribution in [0.4, 0.5) is 0 Å². The van der Waals surface area contributed by atoms with Gasteiger partial charge in [-0.15, -0.1) is 0 Å². The first-order chi connectivity index (χ1) is 13.1. The van der Waals surface area contributed by atoms with Gasteiger partial charge in [0.25, 0.3) is 0 Å². The molecule has 0 aromatic heterocycles. The SMILES string of the molecule is CCCCN(CCCC)CCN1CCN(CCC[Si](OC)(OC)OC)CC1. The fourth-order valence-electron chi connectivity index (χ4n) is 3.69. The molecule has 0 aliphatic carbocycles.